The van der Waals surface area contributed by atoms with Crippen LogP contribution < -0.4 is 5.32 Å². The Morgan fingerprint density at radius 3 is 2.48 bits per heavy atom. The van der Waals surface area contributed by atoms with E-state index in [1.54, 1.807) is 4.31 Å². The van der Waals surface area contributed by atoms with Crippen LogP contribution in [0.1, 0.15) is 37.2 Å². The number of piperidine rings is 2. The quantitative estimate of drug-likeness (QED) is 0.836. The van der Waals surface area contributed by atoms with E-state index in [2.05, 4.69) is 40.5 Å². The van der Waals surface area contributed by atoms with Crippen molar-refractivity contribution >= 4 is 10.0 Å². The highest BCUT2D eigenvalue weighted by atomic mass is 32.2. The van der Waals surface area contributed by atoms with E-state index in [0.29, 0.717) is 25.0 Å². The molecule has 2 saturated heterocycles. The zero-order chi connectivity index (χ0) is 17.7. The van der Waals surface area contributed by atoms with Gasteiger partial charge >= 0.3 is 0 Å². The predicted octanol–water partition coefficient (Wildman–Crippen LogP) is 1.88. The molecule has 0 spiro atoms. The zero-order valence-corrected chi connectivity index (χ0v) is 16.0. The predicted molar refractivity (Wildman–Crippen MR) is 102 cm³/mol. The number of sulfonamides is 1. The molecule has 2 heterocycles. The molecule has 2 aliphatic heterocycles. The summed E-state index contributed by atoms with van der Waals surface area (Å²) >= 11 is 0. The SMILES string of the molecule is CS(=O)(=O)N1CCC(NCCN2CCC[C@H](c3ccccc3)C2)CC1. The van der Waals surface area contributed by atoms with E-state index in [4.69, 9.17) is 0 Å². The summed E-state index contributed by atoms with van der Waals surface area (Å²) in [5.41, 5.74) is 1.47. The van der Waals surface area contributed by atoms with Gasteiger partial charge in [0, 0.05) is 38.8 Å². The van der Waals surface area contributed by atoms with E-state index in [0.717, 1.165) is 32.5 Å². The highest BCUT2D eigenvalue weighted by Gasteiger charge is 2.25. The van der Waals surface area contributed by atoms with E-state index in [-0.39, 0.29) is 0 Å². The Labute approximate surface area is 152 Å². The Bertz CT molecular complexity index is 627. The molecule has 2 fully saturated rings. The first kappa shape index (κ1) is 18.8. The van der Waals surface area contributed by atoms with E-state index < -0.39 is 10.0 Å². The van der Waals surface area contributed by atoms with Crippen molar-refractivity contribution in [2.24, 2.45) is 0 Å². The third-order valence-corrected chi connectivity index (χ3v) is 6.86. The van der Waals surface area contributed by atoms with Gasteiger partial charge in [-0.25, -0.2) is 12.7 Å². The van der Waals surface area contributed by atoms with Crippen molar-refractivity contribution in [1.82, 2.24) is 14.5 Å². The number of nitrogens with one attached hydrogen (secondary N) is 1. The molecule has 0 saturated carbocycles. The lowest BCUT2D eigenvalue weighted by Crippen LogP contribution is -2.46. The van der Waals surface area contributed by atoms with Crippen molar-refractivity contribution in [2.45, 2.75) is 37.6 Å². The molecule has 0 aliphatic carbocycles. The standard InChI is InChI=1S/C19H31N3O2S/c1-25(23,24)22-13-9-19(10-14-22)20-11-15-21-12-5-8-18(16-21)17-6-3-2-4-7-17/h2-4,6-7,18-20H,5,8-16H2,1H3/t18-/m0/s1. The van der Waals surface area contributed by atoms with Gasteiger partial charge in [-0.05, 0) is 43.7 Å². The highest BCUT2D eigenvalue weighted by Crippen LogP contribution is 2.26. The molecular weight excluding hydrogens is 334 g/mol. The monoisotopic (exact) mass is 365 g/mol. The molecule has 140 valence electrons. The van der Waals surface area contributed by atoms with Crippen LogP contribution in [0.2, 0.25) is 0 Å². The van der Waals surface area contributed by atoms with Crippen LogP contribution in [0.25, 0.3) is 0 Å². The minimum Gasteiger partial charge on any atom is -0.313 e. The average Bonchev–Trinajstić information content (AvgIpc) is 2.62. The highest BCUT2D eigenvalue weighted by molar-refractivity contribution is 7.88. The molecule has 0 aromatic heterocycles. The molecular formula is C19H31N3O2S. The molecule has 0 amide bonds. The second kappa shape index (κ2) is 8.62. The first-order valence-corrected chi connectivity index (χ1v) is 11.3. The van der Waals surface area contributed by atoms with Gasteiger partial charge < -0.3 is 10.2 Å². The average molecular weight is 366 g/mol. The lowest BCUT2D eigenvalue weighted by molar-refractivity contribution is 0.201. The van der Waals surface area contributed by atoms with Crippen LogP contribution in [0.4, 0.5) is 0 Å². The Balaban J connectivity index is 1.38. The van der Waals surface area contributed by atoms with Crippen molar-refractivity contribution in [1.29, 1.82) is 0 Å². The van der Waals surface area contributed by atoms with E-state index in [9.17, 15) is 8.42 Å². The van der Waals surface area contributed by atoms with E-state index in [1.807, 2.05) is 0 Å². The van der Waals surface area contributed by atoms with E-state index in [1.165, 1.54) is 31.2 Å². The van der Waals surface area contributed by atoms with Crippen molar-refractivity contribution in [3.05, 3.63) is 35.9 Å². The minimum atomic E-state index is -3.02. The zero-order valence-electron chi connectivity index (χ0n) is 15.2. The largest absolute Gasteiger partial charge is 0.313 e. The molecule has 1 atom stereocenters. The molecule has 0 unspecified atom stereocenters. The van der Waals surface area contributed by atoms with Crippen LogP contribution in [0.5, 0.6) is 0 Å². The molecule has 0 bridgehead atoms. The molecule has 2 aliphatic rings. The molecule has 5 nitrogen and oxygen atoms in total. The summed E-state index contributed by atoms with van der Waals surface area (Å²) in [6.45, 7) is 5.71. The molecule has 1 N–H and O–H groups in total. The second-order valence-electron chi connectivity index (χ2n) is 7.44. The fourth-order valence-electron chi connectivity index (χ4n) is 4.07. The Hall–Kier alpha value is -0.950. The van der Waals surface area contributed by atoms with E-state index >= 15 is 0 Å². The molecule has 1 aromatic carbocycles. The molecule has 0 radical (unpaired) electrons. The maximum absolute atomic E-state index is 11.6. The van der Waals surface area contributed by atoms with Crippen molar-refractivity contribution in [2.75, 3.05) is 45.5 Å². The number of nitrogens with zero attached hydrogens (tertiary/aromatic N) is 2. The number of hydrogen-bond acceptors (Lipinski definition) is 4. The van der Waals surface area contributed by atoms with Gasteiger partial charge in [-0.15, -0.1) is 0 Å². The molecule has 25 heavy (non-hydrogen) atoms. The number of rotatable bonds is 6. The van der Waals surface area contributed by atoms with Gasteiger partial charge in [0.2, 0.25) is 10.0 Å². The first-order chi connectivity index (χ1) is 12.0. The smallest absolute Gasteiger partial charge is 0.211 e. The Morgan fingerprint density at radius 1 is 1.08 bits per heavy atom. The summed E-state index contributed by atoms with van der Waals surface area (Å²) < 4.78 is 24.7. The fraction of sp³-hybridized carbons (Fsp3) is 0.684. The third-order valence-electron chi connectivity index (χ3n) is 5.56. The second-order valence-corrected chi connectivity index (χ2v) is 9.42. The minimum absolute atomic E-state index is 0.452. The first-order valence-electron chi connectivity index (χ1n) is 9.48. The van der Waals surface area contributed by atoms with Gasteiger partial charge in [0.25, 0.3) is 0 Å². The fourth-order valence-corrected chi connectivity index (χ4v) is 4.95. The lowest BCUT2D eigenvalue weighted by atomic mass is 9.91. The van der Waals surface area contributed by atoms with Crippen LogP contribution >= 0.6 is 0 Å². The number of hydrogen-bond donors (Lipinski definition) is 1. The normalized spacial score (nSPS) is 24.4. The van der Waals surface area contributed by atoms with Gasteiger partial charge in [0.05, 0.1) is 6.26 Å². The van der Waals surface area contributed by atoms with Crippen LogP contribution in [-0.4, -0.2) is 69.2 Å². The summed E-state index contributed by atoms with van der Waals surface area (Å²) in [7, 11) is -3.02. The van der Waals surface area contributed by atoms with Gasteiger partial charge in [0.15, 0.2) is 0 Å². The van der Waals surface area contributed by atoms with Crippen LogP contribution in [0, 0.1) is 0 Å². The van der Waals surface area contributed by atoms with Gasteiger partial charge in [-0.3, -0.25) is 0 Å². The molecule has 1 aromatic rings. The van der Waals surface area contributed by atoms with Crippen molar-refractivity contribution < 1.29 is 8.42 Å². The Morgan fingerprint density at radius 2 is 1.80 bits per heavy atom. The summed E-state index contributed by atoms with van der Waals surface area (Å²) in [6.07, 6.45) is 5.70. The van der Waals surface area contributed by atoms with Gasteiger partial charge in [-0.1, -0.05) is 30.3 Å². The summed E-state index contributed by atoms with van der Waals surface area (Å²) in [4.78, 5) is 2.57. The number of benzene rings is 1. The lowest BCUT2D eigenvalue weighted by Gasteiger charge is -2.34. The summed E-state index contributed by atoms with van der Waals surface area (Å²) in [5, 5.41) is 3.63. The number of likely N-dealkylation sites (tertiary alicyclic amines) is 1. The van der Waals surface area contributed by atoms with Crippen LogP contribution in [0.15, 0.2) is 30.3 Å². The summed E-state index contributed by atoms with van der Waals surface area (Å²) in [5.74, 6) is 0.660. The van der Waals surface area contributed by atoms with Crippen molar-refractivity contribution in [3.63, 3.8) is 0 Å². The summed E-state index contributed by atoms with van der Waals surface area (Å²) in [6, 6.07) is 11.3. The molecule has 3 rings (SSSR count). The topological polar surface area (TPSA) is 52.7 Å². The Kier molecular flexibility index (Phi) is 6.49. The maximum Gasteiger partial charge on any atom is 0.211 e. The third kappa shape index (κ3) is 5.51. The van der Waals surface area contributed by atoms with Crippen LogP contribution in [-0.2, 0) is 10.0 Å². The van der Waals surface area contributed by atoms with Gasteiger partial charge in [0.1, 0.15) is 0 Å². The molecule has 6 heteroatoms. The van der Waals surface area contributed by atoms with Gasteiger partial charge in [-0.2, -0.15) is 0 Å². The van der Waals surface area contributed by atoms with Crippen LogP contribution in [0.3, 0.4) is 0 Å². The van der Waals surface area contributed by atoms with Crippen molar-refractivity contribution in [3.8, 4) is 0 Å². The maximum atomic E-state index is 11.6.